The first-order chi connectivity index (χ1) is 9.11. The van der Waals surface area contributed by atoms with Crippen molar-refractivity contribution in [3.8, 4) is 0 Å². The van der Waals surface area contributed by atoms with Crippen molar-refractivity contribution in [2.45, 2.75) is 32.6 Å². The Kier molecular flexibility index (Phi) is 4.04. The van der Waals surface area contributed by atoms with Crippen LogP contribution in [0, 0.1) is 12.8 Å². The highest BCUT2D eigenvalue weighted by atomic mass is 16.4. The fourth-order valence-electron chi connectivity index (χ4n) is 2.40. The first kappa shape index (κ1) is 13.4. The van der Waals surface area contributed by atoms with Gasteiger partial charge in [-0.3, -0.25) is 4.79 Å². The molecule has 0 unspecified atom stereocenters. The standard InChI is InChI=1S/C14H19N3O2/c1-9-6-7-11(13(15)17-19)8-12(9)16-14(18)10-4-2-3-5-10/h6-8,10,19H,2-5H2,1H3,(H2,15,17)(H,16,18). The van der Waals surface area contributed by atoms with Crippen LogP contribution in [0.3, 0.4) is 0 Å². The number of aryl methyl sites for hydroxylation is 1. The maximum atomic E-state index is 12.1. The quantitative estimate of drug-likeness (QED) is 0.337. The van der Waals surface area contributed by atoms with Gasteiger partial charge >= 0.3 is 0 Å². The average molecular weight is 261 g/mol. The molecule has 5 heteroatoms. The Morgan fingerprint density at radius 2 is 2.11 bits per heavy atom. The van der Waals surface area contributed by atoms with Crippen LogP contribution in [0.4, 0.5) is 5.69 Å². The summed E-state index contributed by atoms with van der Waals surface area (Å²) in [5.41, 5.74) is 7.83. The van der Waals surface area contributed by atoms with Gasteiger partial charge in [0.25, 0.3) is 0 Å². The third kappa shape index (κ3) is 3.05. The highest BCUT2D eigenvalue weighted by Crippen LogP contribution is 2.27. The number of hydrogen-bond donors (Lipinski definition) is 3. The van der Waals surface area contributed by atoms with E-state index in [-0.39, 0.29) is 17.7 Å². The lowest BCUT2D eigenvalue weighted by Crippen LogP contribution is -2.21. The van der Waals surface area contributed by atoms with Gasteiger partial charge in [0.2, 0.25) is 5.91 Å². The zero-order valence-electron chi connectivity index (χ0n) is 11.0. The van der Waals surface area contributed by atoms with Gasteiger partial charge in [0.1, 0.15) is 0 Å². The van der Waals surface area contributed by atoms with E-state index in [1.807, 2.05) is 13.0 Å². The van der Waals surface area contributed by atoms with E-state index in [1.54, 1.807) is 12.1 Å². The van der Waals surface area contributed by atoms with E-state index in [1.165, 1.54) is 0 Å². The Morgan fingerprint density at radius 3 is 2.74 bits per heavy atom. The SMILES string of the molecule is Cc1ccc(C(N)=NO)cc1NC(=O)C1CCCC1. The van der Waals surface area contributed by atoms with Gasteiger partial charge < -0.3 is 16.3 Å². The van der Waals surface area contributed by atoms with E-state index >= 15 is 0 Å². The van der Waals surface area contributed by atoms with Gasteiger partial charge in [-0.2, -0.15) is 0 Å². The molecule has 1 aliphatic carbocycles. The molecule has 4 N–H and O–H groups in total. The van der Waals surface area contributed by atoms with Crippen molar-refractivity contribution in [3.63, 3.8) is 0 Å². The van der Waals surface area contributed by atoms with Crippen molar-refractivity contribution in [1.29, 1.82) is 0 Å². The van der Waals surface area contributed by atoms with E-state index in [0.29, 0.717) is 5.56 Å². The normalized spacial score (nSPS) is 16.6. The highest BCUT2D eigenvalue weighted by Gasteiger charge is 2.23. The third-order valence-corrected chi connectivity index (χ3v) is 3.62. The molecule has 0 aromatic heterocycles. The fraction of sp³-hybridized carbons (Fsp3) is 0.429. The van der Waals surface area contributed by atoms with E-state index in [9.17, 15) is 4.79 Å². The number of oxime groups is 1. The lowest BCUT2D eigenvalue weighted by Gasteiger charge is -2.13. The molecule has 0 bridgehead atoms. The lowest BCUT2D eigenvalue weighted by atomic mass is 10.1. The predicted molar refractivity (Wildman–Crippen MR) is 74.3 cm³/mol. The van der Waals surface area contributed by atoms with Crippen molar-refractivity contribution in [3.05, 3.63) is 29.3 Å². The molecular formula is C14H19N3O2. The summed E-state index contributed by atoms with van der Waals surface area (Å²) in [7, 11) is 0. The molecule has 1 aromatic carbocycles. The van der Waals surface area contributed by atoms with Crippen molar-refractivity contribution < 1.29 is 10.0 Å². The highest BCUT2D eigenvalue weighted by molar-refractivity contribution is 6.00. The molecule has 1 aromatic rings. The van der Waals surface area contributed by atoms with Gasteiger partial charge in [0, 0.05) is 17.2 Å². The molecule has 5 nitrogen and oxygen atoms in total. The average Bonchev–Trinajstić information content (AvgIpc) is 2.94. The van der Waals surface area contributed by atoms with E-state index < -0.39 is 0 Å². The summed E-state index contributed by atoms with van der Waals surface area (Å²) in [6.45, 7) is 1.92. The smallest absolute Gasteiger partial charge is 0.227 e. The fourth-order valence-corrected chi connectivity index (χ4v) is 2.40. The number of benzene rings is 1. The number of carbonyl (C=O) groups is 1. The lowest BCUT2D eigenvalue weighted by molar-refractivity contribution is -0.119. The second-order valence-electron chi connectivity index (χ2n) is 4.99. The Bertz CT molecular complexity index is 505. The maximum absolute atomic E-state index is 12.1. The van der Waals surface area contributed by atoms with Crippen LogP contribution >= 0.6 is 0 Å². The van der Waals surface area contributed by atoms with Crippen LogP contribution in [-0.2, 0) is 4.79 Å². The monoisotopic (exact) mass is 261 g/mol. The van der Waals surface area contributed by atoms with E-state index in [4.69, 9.17) is 10.9 Å². The summed E-state index contributed by atoms with van der Waals surface area (Å²) in [6.07, 6.45) is 4.18. The van der Waals surface area contributed by atoms with Crippen LogP contribution in [0.25, 0.3) is 0 Å². The van der Waals surface area contributed by atoms with Gasteiger partial charge in [-0.25, -0.2) is 0 Å². The summed E-state index contributed by atoms with van der Waals surface area (Å²) in [6, 6.07) is 5.34. The number of carbonyl (C=O) groups excluding carboxylic acids is 1. The number of hydrogen-bond acceptors (Lipinski definition) is 3. The van der Waals surface area contributed by atoms with Crippen LogP contribution in [-0.4, -0.2) is 17.0 Å². The number of rotatable bonds is 3. The van der Waals surface area contributed by atoms with Gasteiger partial charge in [0.05, 0.1) is 0 Å². The third-order valence-electron chi connectivity index (χ3n) is 3.62. The van der Waals surface area contributed by atoms with Crippen LogP contribution in [0.2, 0.25) is 0 Å². The maximum Gasteiger partial charge on any atom is 0.227 e. The predicted octanol–water partition coefficient (Wildman–Crippen LogP) is 2.22. The van der Waals surface area contributed by atoms with Gasteiger partial charge in [-0.15, -0.1) is 0 Å². The first-order valence-electron chi connectivity index (χ1n) is 6.51. The van der Waals surface area contributed by atoms with Crippen molar-refractivity contribution >= 4 is 17.4 Å². The summed E-state index contributed by atoms with van der Waals surface area (Å²) >= 11 is 0. The molecule has 0 aliphatic heterocycles. The van der Waals surface area contributed by atoms with Gasteiger partial charge in [-0.05, 0) is 31.4 Å². The zero-order chi connectivity index (χ0) is 13.8. The number of nitrogens with two attached hydrogens (primary N) is 1. The second kappa shape index (κ2) is 5.73. The van der Waals surface area contributed by atoms with Crippen LogP contribution < -0.4 is 11.1 Å². The molecule has 2 rings (SSSR count). The largest absolute Gasteiger partial charge is 0.409 e. The van der Waals surface area contributed by atoms with Gasteiger partial charge in [0.15, 0.2) is 5.84 Å². The summed E-state index contributed by atoms with van der Waals surface area (Å²) in [5, 5.41) is 14.6. The van der Waals surface area contributed by atoms with E-state index in [2.05, 4.69) is 10.5 Å². The molecule has 0 atom stereocenters. The Morgan fingerprint density at radius 1 is 1.42 bits per heavy atom. The molecule has 0 saturated heterocycles. The minimum atomic E-state index is 0.0383. The Labute approximate surface area is 112 Å². The van der Waals surface area contributed by atoms with Gasteiger partial charge in [-0.1, -0.05) is 30.1 Å². The Balaban J connectivity index is 2.16. The minimum absolute atomic E-state index is 0.0383. The molecule has 102 valence electrons. The molecule has 19 heavy (non-hydrogen) atoms. The van der Waals surface area contributed by atoms with Crippen molar-refractivity contribution in [2.75, 3.05) is 5.32 Å². The molecule has 1 amide bonds. The molecular weight excluding hydrogens is 242 g/mol. The van der Waals surface area contributed by atoms with Crippen molar-refractivity contribution in [2.24, 2.45) is 16.8 Å². The molecule has 0 radical (unpaired) electrons. The molecule has 1 fully saturated rings. The number of anilines is 1. The minimum Gasteiger partial charge on any atom is -0.409 e. The summed E-state index contributed by atoms with van der Waals surface area (Å²) < 4.78 is 0. The first-order valence-corrected chi connectivity index (χ1v) is 6.51. The number of nitrogens with one attached hydrogen (secondary N) is 1. The Hall–Kier alpha value is -2.04. The van der Waals surface area contributed by atoms with Crippen molar-refractivity contribution in [1.82, 2.24) is 0 Å². The van der Waals surface area contributed by atoms with E-state index in [0.717, 1.165) is 36.9 Å². The number of amidine groups is 1. The molecule has 0 heterocycles. The topological polar surface area (TPSA) is 87.7 Å². The molecule has 1 aliphatic rings. The van der Waals surface area contributed by atoms with Crippen LogP contribution in [0.15, 0.2) is 23.4 Å². The number of amides is 1. The summed E-state index contributed by atoms with van der Waals surface area (Å²) in [5.74, 6) is 0.223. The summed E-state index contributed by atoms with van der Waals surface area (Å²) in [4.78, 5) is 12.1. The number of nitrogens with zero attached hydrogens (tertiary/aromatic N) is 1. The zero-order valence-corrected chi connectivity index (χ0v) is 11.0. The van der Waals surface area contributed by atoms with Crippen LogP contribution in [0.5, 0.6) is 0 Å². The van der Waals surface area contributed by atoms with Crippen LogP contribution in [0.1, 0.15) is 36.8 Å². The molecule has 0 spiro atoms. The molecule has 1 saturated carbocycles. The second-order valence-corrected chi connectivity index (χ2v) is 4.99.